The topological polar surface area (TPSA) is 88.1 Å². The predicted molar refractivity (Wildman–Crippen MR) is 45.2 cm³/mol. The molecule has 0 N–H and O–H groups in total. The lowest BCUT2D eigenvalue weighted by Crippen LogP contribution is -2.06. The first-order valence-electron chi connectivity index (χ1n) is 3.83. The van der Waals surface area contributed by atoms with E-state index in [1.807, 2.05) is 0 Å². The highest BCUT2D eigenvalue weighted by Crippen LogP contribution is 2.25. The van der Waals surface area contributed by atoms with E-state index in [4.69, 9.17) is 0 Å². The molecule has 0 unspecified atom stereocenters. The van der Waals surface area contributed by atoms with E-state index >= 15 is 0 Å². The summed E-state index contributed by atoms with van der Waals surface area (Å²) in [6, 6.07) is 0. The van der Waals surface area contributed by atoms with E-state index in [9.17, 15) is 14.2 Å². The lowest BCUT2D eigenvalue weighted by molar-refractivity contribution is 0.0865. The highest BCUT2D eigenvalue weighted by molar-refractivity contribution is 7.34. The Balaban J connectivity index is 3.75. The molecule has 0 atom stereocenters. The van der Waals surface area contributed by atoms with Gasteiger partial charge in [0.2, 0.25) is 0 Å². The smallest absolute Gasteiger partial charge is 0.434 e. The van der Waals surface area contributed by atoms with Crippen molar-refractivity contribution in [2.75, 3.05) is 13.2 Å². The molecule has 0 fully saturated rings. The van der Waals surface area contributed by atoms with Gasteiger partial charge in [-0.15, -0.1) is 0 Å². The molecular weight excluding hydrogens is 215 g/mol. The highest BCUT2D eigenvalue weighted by Gasteiger charge is 2.14. The first-order chi connectivity index (χ1) is 6.60. The van der Waals surface area contributed by atoms with Crippen molar-refractivity contribution in [2.45, 2.75) is 13.8 Å². The van der Waals surface area contributed by atoms with Gasteiger partial charge >= 0.3 is 20.6 Å². The second-order valence-corrected chi connectivity index (χ2v) is 2.73. The quantitative estimate of drug-likeness (QED) is 0.532. The van der Waals surface area contributed by atoms with Crippen LogP contribution < -0.4 is 0 Å². The van der Waals surface area contributed by atoms with Gasteiger partial charge in [0.1, 0.15) is 0 Å². The van der Waals surface area contributed by atoms with Gasteiger partial charge in [0.05, 0.1) is 13.2 Å². The van der Waals surface area contributed by atoms with Crippen molar-refractivity contribution in [3.8, 4) is 0 Å². The Labute approximate surface area is 81.2 Å². The van der Waals surface area contributed by atoms with Crippen LogP contribution in [0.5, 0.6) is 0 Å². The summed E-state index contributed by atoms with van der Waals surface area (Å²) in [6.07, 6.45) is -2.30. The van der Waals surface area contributed by atoms with Crippen molar-refractivity contribution in [2.24, 2.45) is 0 Å². The van der Waals surface area contributed by atoms with E-state index in [0.29, 0.717) is 0 Å². The van der Waals surface area contributed by atoms with Gasteiger partial charge in [-0.3, -0.25) is 0 Å². The molecule has 0 aromatic heterocycles. The van der Waals surface area contributed by atoms with E-state index < -0.39 is 20.6 Å². The van der Waals surface area contributed by atoms with Crippen molar-refractivity contribution in [3.05, 3.63) is 0 Å². The zero-order valence-electron chi connectivity index (χ0n) is 7.77. The van der Waals surface area contributed by atoms with Gasteiger partial charge in [0, 0.05) is 0 Å². The Hall–Kier alpha value is -1.23. The Kier molecular flexibility index (Phi) is 6.57. The average Bonchev–Trinajstić information content (AvgIpc) is 2.03. The third-order valence-corrected chi connectivity index (χ3v) is 1.52. The molecule has 0 radical (unpaired) electrons. The van der Waals surface area contributed by atoms with Gasteiger partial charge in [-0.2, -0.15) is 0 Å². The second kappa shape index (κ2) is 7.20. The SMILES string of the molecule is CCOC(=O)O[PH](=O)OC(=O)OCC. The fourth-order valence-corrected chi connectivity index (χ4v) is 0.883. The van der Waals surface area contributed by atoms with Crippen LogP contribution in [-0.4, -0.2) is 25.5 Å². The molecule has 82 valence electrons. The molecular formula is C6H11O7P. The Bertz CT molecular complexity index is 204. The number of carbonyl (C=O) groups is 2. The molecule has 0 aliphatic rings. The van der Waals surface area contributed by atoms with Gasteiger partial charge in [-0.25, -0.2) is 14.2 Å². The van der Waals surface area contributed by atoms with Gasteiger partial charge in [-0.05, 0) is 13.8 Å². The summed E-state index contributed by atoms with van der Waals surface area (Å²) in [7, 11) is -3.23. The van der Waals surface area contributed by atoms with Crippen LogP contribution in [0.4, 0.5) is 9.59 Å². The molecule has 14 heavy (non-hydrogen) atoms. The monoisotopic (exact) mass is 226 g/mol. The zero-order valence-corrected chi connectivity index (χ0v) is 8.77. The lowest BCUT2D eigenvalue weighted by Gasteiger charge is -2.04. The van der Waals surface area contributed by atoms with Crippen LogP contribution in [0.25, 0.3) is 0 Å². The molecule has 0 bridgehead atoms. The zero-order chi connectivity index (χ0) is 11.0. The van der Waals surface area contributed by atoms with Gasteiger partial charge in [0.25, 0.3) is 0 Å². The molecule has 0 spiro atoms. The van der Waals surface area contributed by atoms with Crippen LogP contribution in [0.2, 0.25) is 0 Å². The highest BCUT2D eigenvalue weighted by atomic mass is 31.1. The summed E-state index contributed by atoms with van der Waals surface area (Å²) in [4.78, 5) is 21.1. The number of rotatable bonds is 4. The van der Waals surface area contributed by atoms with Crippen molar-refractivity contribution in [3.63, 3.8) is 0 Å². The first-order valence-corrected chi connectivity index (χ1v) is 5.05. The van der Waals surface area contributed by atoms with Crippen LogP contribution in [0.1, 0.15) is 13.8 Å². The fourth-order valence-electron chi connectivity index (χ4n) is 0.452. The van der Waals surface area contributed by atoms with Crippen molar-refractivity contribution in [1.29, 1.82) is 0 Å². The summed E-state index contributed by atoms with van der Waals surface area (Å²) in [5, 5.41) is 0. The van der Waals surface area contributed by atoms with Crippen LogP contribution >= 0.6 is 8.25 Å². The number of ether oxygens (including phenoxy) is 2. The van der Waals surface area contributed by atoms with E-state index in [1.165, 1.54) is 0 Å². The minimum absolute atomic E-state index is 0.0768. The first kappa shape index (κ1) is 12.8. The van der Waals surface area contributed by atoms with Gasteiger partial charge < -0.3 is 18.5 Å². The molecule has 0 aromatic carbocycles. The van der Waals surface area contributed by atoms with E-state index in [-0.39, 0.29) is 13.2 Å². The molecule has 8 heteroatoms. The van der Waals surface area contributed by atoms with Crippen molar-refractivity contribution < 1.29 is 32.7 Å². The lowest BCUT2D eigenvalue weighted by atomic mass is 10.9. The molecule has 0 saturated heterocycles. The number of hydrogen-bond acceptors (Lipinski definition) is 7. The third kappa shape index (κ3) is 6.30. The standard InChI is InChI=1S/C6H11O7P/c1-3-10-5(7)12-14(9)13-6(8)11-4-2/h14H,3-4H2,1-2H3. The molecule has 7 nitrogen and oxygen atoms in total. The fraction of sp³-hybridized carbons (Fsp3) is 0.667. The van der Waals surface area contributed by atoms with E-state index in [1.54, 1.807) is 13.8 Å². The van der Waals surface area contributed by atoms with Crippen LogP contribution in [-0.2, 0) is 23.1 Å². The van der Waals surface area contributed by atoms with Gasteiger partial charge in [0.15, 0.2) is 0 Å². The minimum atomic E-state index is -3.23. The second-order valence-electron chi connectivity index (χ2n) is 1.82. The van der Waals surface area contributed by atoms with Crippen LogP contribution in [0, 0.1) is 0 Å². The third-order valence-electron chi connectivity index (χ3n) is 0.858. The summed E-state index contributed by atoms with van der Waals surface area (Å²) in [5.74, 6) is 0. The maximum atomic E-state index is 10.8. The Morgan fingerprint density at radius 1 is 1.00 bits per heavy atom. The summed E-state index contributed by atoms with van der Waals surface area (Å²) in [6.45, 7) is 3.25. The largest absolute Gasteiger partial charge is 0.515 e. The minimum Gasteiger partial charge on any atom is -0.434 e. The summed E-state index contributed by atoms with van der Waals surface area (Å²) in [5.41, 5.74) is 0. The van der Waals surface area contributed by atoms with Crippen LogP contribution in [0.15, 0.2) is 0 Å². The molecule has 0 saturated carbocycles. The normalized spacial score (nSPS) is 9.36. The Morgan fingerprint density at radius 3 is 1.64 bits per heavy atom. The maximum absolute atomic E-state index is 10.8. The summed E-state index contributed by atoms with van der Waals surface area (Å²) >= 11 is 0. The maximum Gasteiger partial charge on any atom is 0.515 e. The molecule has 0 amide bonds. The van der Waals surface area contributed by atoms with E-state index in [2.05, 4.69) is 18.5 Å². The molecule has 0 aromatic rings. The molecule has 0 rings (SSSR count). The average molecular weight is 226 g/mol. The number of hydrogen-bond donors (Lipinski definition) is 0. The molecule has 0 aliphatic heterocycles. The number of carbonyl (C=O) groups excluding carboxylic acids is 2. The summed E-state index contributed by atoms with van der Waals surface area (Å²) < 4.78 is 27.5. The van der Waals surface area contributed by atoms with Gasteiger partial charge in [-0.1, -0.05) is 0 Å². The van der Waals surface area contributed by atoms with Crippen molar-refractivity contribution >= 4 is 20.6 Å². The van der Waals surface area contributed by atoms with E-state index in [0.717, 1.165) is 0 Å². The van der Waals surface area contributed by atoms with Crippen LogP contribution in [0.3, 0.4) is 0 Å². The predicted octanol–water partition coefficient (Wildman–Crippen LogP) is 1.72. The Morgan fingerprint density at radius 2 is 1.36 bits per heavy atom. The molecule has 0 aliphatic carbocycles. The molecule has 0 heterocycles. The van der Waals surface area contributed by atoms with Crippen molar-refractivity contribution in [1.82, 2.24) is 0 Å².